The number of nitrogens with zero attached hydrogens (tertiary/aromatic N) is 1. The molecule has 1 fully saturated rings. The van der Waals surface area contributed by atoms with Gasteiger partial charge in [-0.05, 0) is 42.7 Å². The lowest BCUT2D eigenvalue weighted by atomic mass is 9.66. The summed E-state index contributed by atoms with van der Waals surface area (Å²) >= 11 is 0. The highest BCUT2D eigenvalue weighted by atomic mass is 16.5. The highest BCUT2D eigenvalue weighted by Crippen LogP contribution is 2.44. The summed E-state index contributed by atoms with van der Waals surface area (Å²) in [5.41, 5.74) is 0.567. The SMILES string of the molecule is COc1ccc(NC(=O)CC2(C(=O)O)CCC2)cc1OCc1ccncc1. The Labute approximate surface area is 157 Å². The number of amides is 1. The first-order chi connectivity index (χ1) is 13.0. The fourth-order valence-electron chi connectivity index (χ4n) is 3.09. The van der Waals surface area contributed by atoms with Crippen molar-refractivity contribution in [2.24, 2.45) is 5.41 Å². The van der Waals surface area contributed by atoms with Crippen LogP contribution in [-0.2, 0) is 16.2 Å². The van der Waals surface area contributed by atoms with Crippen molar-refractivity contribution in [1.82, 2.24) is 4.98 Å². The van der Waals surface area contributed by atoms with Gasteiger partial charge >= 0.3 is 5.97 Å². The first-order valence-corrected chi connectivity index (χ1v) is 8.75. The van der Waals surface area contributed by atoms with Gasteiger partial charge in [-0.25, -0.2) is 0 Å². The van der Waals surface area contributed by atoms with E-state index in [9.17, 15) is 14.7 Å². The number of pyridine rings is 1. The van der Waals surface area contributed by atoms with Crippen molar-refractivity contribution in [1.29, 1.82) is 0 Å². The number of carbonyl (C=O) groups excluding carboxylic acids is 1. The zero-order valence-corrected chi connectivity index (χ0v) is 15.1. The first-order valence-electron chi connectivity index (χ1n) is 8.75. The number of hydrogen-bond donors (Lipinski definition) is 2. The van der Waals surface area contributed by atoms with Crippen molar-refractivity contribution in [2.45, 2.75) is 32.3 Å². The lowest BCUT2D eigenvalue weighted by molar-refractivity contribution is -0.157. The second-order valence-electron chi connectivity index (χ2n) is 6.67. The molecular formula is C20H22N2O5. The lowest BCUT2D eigenvalue weighted by Crippen LogP contribution is -2.41. The minimum atomic E-state index is -0.919. The minimum Gasteiger partial charge on any atom is -0.493 e. The Balaban J connectivity index is 1.67. The summed E-state index contributed by atoms with van der Waals surface area (Å²) in [6.07, 6.45) is 5.27. The van der Waals surface area contributed by atoms with Gasteiger partial charge in [0.2, 0.25) is 5.91 Å². The molecule has 2 N–H and O–H groups in total. The molecule has 3 rings (SSSR count). The van der Waals surface area contributed by atoms with Crippen molar-refractivity contribution in [3.8, 4) is 11.5 Å². The van der Waals surface area contributed by atoms with Gasteiger partial charge in [0.15, 0.2) is 11.5 Å². The standard InChI is InChI=1S/C20H22N2O5/c1-26-16-4-3-15(11-17(16)27-13-14-5-9-21-10-6-14)22-18(23)12-20(19(24)25)7-2-8-20/h3-6,9-11H,2,7-8,12-13H2,1H3,(H,22,23)(H,24,25). The number of aliphatic carboxylic acids is 1. The number of nitrogens with one attached hydrogen (secondary N) is 1. The predicted octanol–water partition coefficient (Wildman–Crippen LogP) is 3.25. The number of hydrogen-bond acceptors (Lipinski definition) is 5. The number of benzene rings is 1. The Morgan fingerprint density at radius 1 is 1.19 bits per heavy atom. The highest BCUT2D eigenvalue weighted by Gasteiger charge is 2.45. The topological polar surface area (TPSA) is 97.8 Å². The Kier molecular flexibility index (Phi) is 5.59. The average Bonchev–Trinajstić information content (AvgIpc) is 2.63. The smallest absolute Gasteiger partial charge is 0.310 e. The summed E-state index contributed by atoms with van der Waals surface area (Å²) in [5, 5.41) is 12.1. The Morgan fingerprint density at radius 2 is 1.93 bits per heavy atom. The Bertz CT molecular complexity index is 818. The minimum absolute atomic E-state index is 0.0262. The third-order valence-corrected chi connectivity index (χ3v) is 4.85. The summed E-state index contributed by atoms with van der Waals surface area (Å²) in [6.45, 7) is 0.332. The molecule has 0 spiro atoms. The third-order valence-electron chi connectivity index (χ3n) is 4.85. The van der Waals surface area contributed by atoms with Crippen LogP contribution in [0.3, 0.4) is 0 Å². The van der Waals surface area contributed by atoms with Crippen molar-refractivity contribution < 1.29 is 24.2 Å². The summed E-state index contributed by atoms with van der Waals surface area (Å²) < 4.78 is 11.1. The zero-order chi connectivity index (χ0) is 19.3. The third kappa shape index (κ3) is 4.36. The van der Waals surface area contributed by atoms with E-state index in [1.54, 1.807) is 37.7 Å². The van der Waals surface area contributed by atoms with E-state index >= 15 is 0 Å². The van der Waals surface area contributed by atoms with Crippen LogP contribution in [0.5, 0.6) is 11.5 Å². The van der Waals surface area contributed by atoms with Crippen LogP contribution < -0.4 is 14.8 Å². The van der Waals surface area contributed by atoms with E-state index in [0.717, 1.165) is 12.0 Å². The van der Waals surface area contributed by atoms with Crippen molar-refractivity contribution >= 4 is 17.6 Å². The normalized spacial score (nSPS) is 14.7. The largest absolute Gasteiger partial charge is 0.493 e. The van der Waals surface area contributed by atoms with Gasteiger partial charge in [-0.1, -0.05) is 6.42 Å². The van der Waals surface area contributed by atoms with Crippen LogP contribution >= 0.6 is 0 Å². The van der Waals surface area contributed by atoms with Crippen LogP contribution in [0.4, 0.5) is 5.69 Å². The summed E-state index contributed by atoms with van der Waals surface area (Å²) in [6, 6.07) is 8.77. The van der Waals surface area contributed by atoms with Crippen molar-refractivity contribution in [3.05, 3.63) is 48.3 Å². The van der Waals surface area contributed by atoms with Crippen LogP contribution in [0.1, 0.15) is 31.2 Å². The molecule has 7 heteroatoms. The van der Waals surface area contributed by atoms with Gasteiger partial charge in [0, 0.05) is 30.6 Å². The molecule has 1 aliphatic rings. The quantitative estimate of drug-likeness (QED) is 0.740. The molecule has 0 atom stereocenters. The Hall–Kier alpha value is -3.09. The summed E-state index contributed by atoms with van der Waals surface area (Å²) in [7, 11) is 1.54. The molecule has 0 bridgehead atoms. The van der Waals surface area contributed by atoms with E-state index in [1.165, 1.54) is 0 Å². The molecule has 0 aliphatic heterocycles. The number of anilines is 1. The second kappa shape index (κ2) is 8.07. The van der Waals surface area contributed by atoms with Crippen LogP contribution in [0, 0.1) is 5.41 Å². The van der Waals surface area contributed by atoms with Gasteiger partial charge in [0.05, 0.1) is 12.5 Å². The first kappa shape index (κ1) is 18.7. The highest BCUT2D eigenvalue weighted by molar-refractivity contribution is 5.94. The molecule has 7 nitrogen and oxygen atoms in total. The van der Waals surface area contributed by atoms with E-state index in [0.29, 0.717) is 36.6 Å². The number of carboxylic acids is 1. The van der Waals surface area contributed by atoms with Gasteiger partial charge in [0.25, 0.3) is 0 Å². The molecule has 1 aromatic heterocycles. The fraction of sp³-hybridized carbons (Fsp3) is 0.350. The average molecular weight is 370 g/mol. The van der Waals surface area contributed by atoms with E-state index in [2.05, 4.69) is 10.3 Å². The van der Waals surface area contributed by atoms with Crippen molar-refractivity contribution in [3.63, 3.8) is 0 Å². The van der Waals surface area contributed by atoms with Crippen LogP contribution in [0.15, 0.2) is 42.7 Å². The zero-order valence-electron chi connectivity index (χ0n) is 15.1. The predicted molar refractivity (Wildman–Crippen MR) is 98.7 cm³/mol. The number of aromatic nitrogens is 1. The maximum absolute atomic E-state index is 12.3. The van der Waals surface area contributed by atoms with Gasteiger partial charge in [-0.15, -0.1) is 0 Å². The van der Waals surface area contributed by atoms with Gasteiger partial charge in [0.1, 0.15) is 6.61 Å². The lowest BCUT2D eigenvalue weighted by Gasteiger charge is -2.36. The van der Waals surface area contributed by atoms with Crippen LogP contribution in [-0.4, -0.2) is 29.1 Å². The number of methoxy groups -OCH3 is 1. The molecule has 0 radical (unpaired) electrons. The molecule has 1 aliphatic carbocycles. The maximum Gasteiger partial charge on any atom is 0.310 e. The number of carboxylic acid groups (broad SMARTS) is 1. The molecule has 2 aromatic rings. The molecule has 1 aromatic carbocycles. The van der Waals surface area contributed by atoms with Crippen LogP contribution in [0.25, 0.3) is 0 Å². The number of ether oxygens (including phenoxy) is 2. The molecule has 142 valence electrons. The fourth-order valence-corrected chi connectivity index (χ4v) is 3.09. The Morgan fingerprint density at radius 3 is 2.52 bits per heavy atom. The second-order valence-corrected chi connectivity index (χ2v) is 6.67. The van der Waals surface area contributed by atoms with Gasteiger partial charge < -0.3 is 19.9 Å². The van der Waals surface area contributed by atoms with E-state index in [1.807, 2.05) is 12.1 Å². The van der Waals surface area contributed by atoms with Crippen LogP contribution in [0.2, 0.25) is 0 Å². The van der Waals surface area contributed by atoms with Gasteiger partial charge in [-0.3, -0.25) is 14.6 Å². The molecule has 0 saturated heterocycles. The molecular weight excluding hydrogens is 348 g/mol. The number of rotatable bonds is 8. The molecule has 1 amide bonds. The van der Waals surface area contributed by atoms with Crippen molar-refractivity contribution in [2.75, 3.05) is 12.4 Å². The summed E-state index contributed by atoms with van der Waals surface area (Å²) in [5.74, 6) is -0.186. The van der Waals surface area contributed by atoms with E-state index < -0.39 is 11.4 Å². The molecule has 0 unspecified atom stereocenters. The monoisotopic (exact) mass is 370 g/mol. The molecule has 1 heterocycles. The summed E-state index contributed by atoms with van der Waals surface area (Å²) in [4.78, 5) is 27.7. The van der Waals surface area contributed by atoms with Gasteiger partial charge in [-0.2, -0.15) is 0 Å². The molecule has 1 saturated carbocycles. The number of carbonyl (C=O) groups is 2. The molecule has 27 heavy (non-hydrogen) atoms. The van der Waals surface area contributed by atoms with E-state index in [4.69, 9.17) is 9.47 Å². The maximum atomic E-state index is 12.3. The van der Waals surface area contributed by atoms with E-state index in [-0.39, 0.29) is 12.3 Å².